The third-order valence-electron chi connectivity index (χ3n) is 3.92. The molecule has 0 bridgehead atoms. The minimum Gasteiger partial charge on any atom is -0.495 e. The molecule has 8 heteroatoms. The lowest BCUT2D eigenvalue weighted by Gasteiger charge is -2.19. The number of carbonyl (C=O) groups excluding carboxylic acids is 1. The molecule has 1 N–H and O–H groups in total. The van der Waals surface area contributed by atoms with Crippen LogP contribution in [0.25, 0.3) is 0 Å². The van der Waals surface area contributed by atoms with Crippen molar-refractivity contribution in [2.75, 3.05) is 26.0 Å². The Morgan fingerprint density at radius 1 is 1.23 bits per heavy atom. The summed E-state index contributed by atoms with van der Waals surface area (Å²) in [6.07, 6.45) is 0. The van der Waals surface area contributed by atoms with E-state index in [1.54, 1.807) is 44.2 Å². The minimum atomic E-state index is -3.89. The summed E-state index contributed by atoms with van der Waals surface area (Å²) in [4.78, 5) is 12.3. The topological polar surface area (TPSA) is 75.7 Å². The third kappa shape index (κ3) is 4.35. The standard InChI is InChI=1S/C18H21ClN2O4S/c1-12-8-9-16(25-4)17(10-12)26(23,24)21(3)11-18(22)20-15-7-5-6-14(19)13(15)2/h5-10H,11H2,1-4H3,(H,20,22). The molecule has 1 amide bonds. The number of aryl methyl sites for hydroxylation is 1. The van der Waals surface area contributed by atoms with Gasteiger partial charge in [-0.3, -0.25) is 4.79 Å². The maximum atomic E-state index is 12.8. The quantitative estimate of drug-likeness (QED) is 0.813. The van der Waals surface area contributed by atoms with E-state index in [1.165, 1.54) is 20.2 Å². The number of amides is 1. The molecule has 6 nitrogen and oxygen atoms in total. The van der Waals surface area contributed by atoms with Gasteiger partial charge in [-0.25, -0.2) is 8.42 Å². The van der Waals surface area contributed by atoms with Gasteiger partial charge in [0.25, 0.3) is 0 Å². The first-order valence-corrected chi connectivity index (χ1v) is 9.64. The first kappa shape index (κ1) is 20.2. The number of halogens is 1. The highest BCUT2D eigenvalue weighted by Crippen LogP contribution is 2.27. The smallest absolute Gasteiger partial charge is 0.246 e. The van der Waals surface area contributed by atoms with Gasteiger partial charge in [-0.15, -0.1) is 0 Å². The van der Waals surface area contributed by atoms with Crippen molar-refractivity contribution in [3.05, 3.63) is 52.5 Å². The lowest BCUT2D eigenvalue weighted by Crippen LogP contribution is -2.35. The van der Waals surface area contributed by atoms with Crippen LogP contribution in [-0.2, 0) is 14.8 Å². The number of hydrogen-bond acceptors (Lipinski definition) is 4. The van der Waals surface area contributed by atoms with E-state index in [1.807, 2.05) is 0 Å². The third-order valence-corrected chi connectivity index (χ3v) is 6.15. The monoisotopic (exact) mass is 396 g/mol. The van der Waals surface area contributed by atoms with Gasteiger partial charge in [-0.1, -0.05) is 23.7 Å². The minimum absolute atomic E-state index is 0.0224. The van der Waals surface area contributed by atoms with E-state index in [0.717, 1.165) is 9.87 Å². The van der Waals surface area contributed by atoms with Crippen molar-refractivity contribution < 1.29 is 17.9 Å². The average molecular weight is 397 g/mol. The van der Waals surface area contributed by atoms with E-state index in [0.29, 0.717) is 16.3 Å². The summed E-state index contributed by atoms with van der Waals surface area (Å²) >= 11 is 6.03. The SMILES string of the molecule is COc1ccc(C)cc1S(=O)(=O)N(C)CC(=O)Nc1cccc(Cl)c1C. The maximum Gasteiger partial charge on any atom is 0.246 e. The molecule has 0 radical (unpaired) electrons. The molecule has 0 aliphatic carbocycles. The molecule has 2 aromatic rings. The van der Waals surface area contributed by atoms with Gasteiger partial charge >= 0.3 is 0 Å². The van der Waals surface area contributed by atoms with Gasteiger partial charge < -0.3 is 10.1 Å². The second-order valence-corrected chi connectivity index (χ2v) is 8.30. The predicted molar refractivity (Wildman–Crippen MR) is 102 cm³/mol. The van der Waals surface area contributed by atoms with Crippen LogP contribution in [0.2, 0.25) is 5.02 Å². The van der Waals surface area contributed by atoms with Crippen molar-refractivity contribution in [3.8, 4) is 5.75 Å². The van der Waals surface area contributed by atoms with Gasteiger partial charge in [0.15, 0.2) is 0 Å². The normalized spacial score (nSPS) is 11.5. The molecule has 0 heterocycles. The summed E-state index contributed by atoms with van der Waals surface area (Å²) in [6, 6.07) is 10.00. The molecule has 2 rings (SSSR count). The molecule has 0 saturated carbocycles. The highest BCUT2D eigenvalue weighted by atomic mass is 35.5. The van der Waals surface area contributed by atoms with E-state index >= 15 is 0 Å². The van der Waals surface area contributed by atoms with Gasteiger partial charge in [-0.05, 0) is 49.2 Å². The zero-order valence-corrected chi connectivity index (χ0v) is 16.6. The van der Waals surface area contributed by atoms with Crippen molar-refractivity contribution in [1.82, 2.24) is 4.31 Å². The molecule has 0 aliphatic heterocycles. The number of hydrogen-bond donors (Lipinski definition) is 1. The number of methoxy groups -OCH3 is 1. The molecular formula is C18H21ClN2O4S. The van der Waals surface area contributed by atoms with Gasteiger partial charge in [0.2, 0.25) is 15.9 Å². The highest BCUT2D eigenvalue weighted by Gasteiger charge is 2.26. The summed E-state index contributed by atoms with van der Waals surface area (Å²) in [7, 11) is -1.14. The van der Waals surface area contributed by atoms with Gasteiger partial charge in [0, 0.05) is 17.8 Å². The number of rotatable bonds is 6. The second-order valence-electron chi connectivity index (χ2n) is 5.88. The molecule has 26 heavy (non-hydrogen) atoms. The second kappa shape index (κ2) is 8.07. The molecule has 0 atom stereocenters. The summed E-state index contributed by atoms with van der Waals surface area (Å²) < 4.78 is 31.8. The fraction of sp³-hybridized carbons (Fsp3) is 0.278. The first-order chi connectivity index (χ1) is 12.2. The van der Waals surface area contributed by atoms with Crippen LogP contribution < -0.4 is 10.1 Å². The lowest BCUT2D eigenvalue weighted by molar-refractivity contribution is -0.116. The molecule has 0 aromatic heterocycles. The molecule has 0 saturated heterocycles. The molecule has 2 aromatic carbocycles. The van der Waals surface area contributed by atoms with E-state index in [-0.39, 0.29) is 17.2 Å². The molecule has 140 valence electrons. The number of benzene rings is 2. The van der Waals surface area contributed by atoms with Crippen LogP contribution in [0.1, 0.15) is 11.1 Å². The predicted octanol–water partition coefficient (Wildman–Crippen LogP) is 3.22. The fourth-order valence-electron chi connectivity index (χ4n) is 2.37. The summed E-state index contributed by atoms with van der Waals surface area (Å²) in [5, 5.41) is 3.21. The van der Waals surface area contributed by atoms with Crippen LogP contribution in [0.4, 0.5) is 5.69 Å². The van der Waals surface area contributed by atoms with Crippen LogP contribution in [0.15, 0.2) is 41.3 Å². The van der Waals surface area contributed by atoms with Gasteiger partial charge in [0.05, 0.1) is 13.7 Å². The molecule has 0 unspecified atom stereocenters. The summed E-state index contributed by atoms with van der Waals surface area (Å²) in [6.45, 7) is 3.22. The maximum absolute atomic E-state index is 12.8. The largest absolute Gasteiger partial charge is 0.495 e. The number of carbonyl (C=O) groups is 1. The Labute approximate surface area is 158 Å². The van der Waals surface area contributed by atoms with E-state index in [4.69, 9.17) is 16.3 Å². The average Bonchev–Trinajstić information content (AvgIpc) is 2.58. The Kier molecular flexibility index (Phi) is 6.28. The number of ether oxygens (including phenoxy) is 1. The van der Waals surface area contributed by atoms with Crippen LogP contribution in [0.3, 0.4) is 0 Å². The van der Waals surface area contributed by atoms with Crippen molar-refractivity contribution in [2.45, 2.75) is 18.7 Å². The Bertz CT molecular complexity index is 929. The van der Waals surface area contributed by atoms with Crippen LogP contribution in [-0.4, -0.2) is 39.3 Å². The van der Waals surface area contributed by atoms with Crippen molar-refractivity contribution in [2.24, 2.45) is 0 Å². The van der Waals surface area contributed by atoms with E-state index in [9.17, 15) is 13.2 Å². The van der Waals surface area contributed by atoms with Crippen LogP contribution in [0, 0.1) is 13.8 Å². The molecule has 0 fully saturated rings. The lowest BCUT2D eigenvalue weighted by atomic mass is 10.2. The number of nitrogens with zero attached hydrogens (tertiary/aromatic N) is 1. The van der Waals surface area contributed by atoms with Crippen molar-refractivity contribution in [1.29, 1.82) is 0 Å². The van der Waals surface area contributed by atoms with Crippen LogP contribution in [0.5, 0.6) is 5.75 Å². The molecule has 0 aliphatic rings. The summed E-state index contributed by atoms with van der Waals surface area (Å²) in [5.74, 6) is -0.235. The highest BCUT2D eigenvalue weighted by molar-refractivity contribution is 7.89. The fourth-order valence-corrected chi connectivity index (χ4v) is 3.91. The number of anilines is 1. The number of likely N-dealkylation sites (N-methyl/N-ethyl adjacent to an activating group) is 1. The zero-order chi connectivity index (χ0) is 19.5. The number of sulfonamides is 1. The molecule has 0 spiro atoms. The Morgan fingerprint density at radius 2 is 1.92 bits per heavy atom. The van der Waals surface area contributed by atoms with E-state index in [2.05, 4.69) is 5.32 Å². The molecular weight excluding hydrogens is 376 g/mol. The number of nitrogens with one attached hydrogen (secondary N) is 1. The zero-order valence-electron chi connectivity index (χ0n) is 15.0. The van der Waals surface area contributed by atoms with Crippen LogP contribution >= 0.6 is 11.6 Å². The first-order valence-electron chi connectivity index (χ1n) is 7.82. The van der Waals surface area contributed by atoms with Gasteiger partial charge in [0.1, 0.15) is 10.6 Å². The Morgan fingerprint density at radius 3 is 2.58 bits per heavy atom. The Balaban J connectivity index is 2.20. The van der Waals surface area contributed by atoms with Gasteiger partial charge in [-0.2, -0.15) is 4.31 Å². The van der Waals surface area contributed by atoms with Crippen molar-refractivity contribution >= 4 is 33.2 Å². The summed E-state index contributed by atoms with van der Waals surface area (Å²) in [5.41, 5.74) is 2.03. The van der Waals surface area contributed by atoms with Crippen molar-refractivity contribution in [3.63, 3.8) is 0 Å². The van der Waals surface area contributed by atoms with E-state index < -0.39 is 15.9 Å². The Hall–Kier alpha value is -2.09.